The Morgan fingerprint density at radius 3 is 2.46 bits per heavy atom. The molecule has 8 nitrogen and oxygen atoms in total. The van der Waals surface area contributed by atoms with Crippen LogP contribution in [0, 0.1) is 18.6 Å². The summed E-state index contributed by atoms with van der Waals surface area (Å²) in [5.74, 6) is 0.303. The molecule has 0 unspecified atom stereocenters. The Hall–Kier alpha value is -3.50. The SMILES string of the molecule is Cc1nc2c(F)cc(-c3nc(Nc4ccc(C5(N6CCNCC6)CC5)cn4)ncc3F)cc2n1C(C)C. The Kier molecular flexibility index (Phi) is 5.88. The van der Waals surface area contributed by atoms with E-state index in [2.05, 4.69) is 41.5 Å². The van der Waals surface area contributed by atoms with E-state index in [1.807, 2.05) is 37.6 Å². The van der Waals surface area contributed by atoms with E-state index in [0.717, 1.165) is 45.2 Å². The van der Waals surface area contributed by atoms with Gasteiger partial charge in [-0.05, 0) is 57.4 Å². The van der Waals surface area contributed by atoms with E-state index < -0.39 is 11.6 Å². The molecule has 1 aromatic carbocycles. The van der Waals surface area contributed by atoms with Crippen LogP contribution in [0.2, 0.25) is 0 Å². The van der Waals surface area contributed by atoms with Crippen LogP contribution in [0.4, 0.5) is 20.5 Å². The minimum Gasteiger partial charge on any atom is -0.326 e. The van der Waals surface area contributed by atoms with Gasteiger partial charge in [0.15, 0.2) is 11.6 Å². The summed E-state index contributed by atoms with van der Waals surface area (Å²) < 4.78 is 31.7. The fourth-order valence-corrected chi connectivity index (χ4v) is 5.54. The molecule has 1 saturated heterocycles. The zero-order chi connectivity index (χ0) is 25.7. The minimum atomic E-state index is -0.633. The molecule has 2 N–H and O–H groups in total. The van der Waals surface area contributed by atoms with E-state index in [-0.39, 0.29) is 28.7 Å². The molecule has 4 aromatic rings. The summed E-state index contributed by atoms with van der Waals surface area (Å²) in [6.45, 7) is 9.93. The van der Waals surface area contributed by atoms with E-state index in [9.17, 15) is 8.78 Å². The molecule has 1 aliphatic carbocycles. The number of aromatic nitrogens is 5. The van der Waals surface area contributed by atoms with Crippen LogP contribution < -0.4 is 10.6 Å². The molecule has 0 amide bonds. The summed E-state index contributed by atoms with van der Waals surface area (Å²) in [6, 6.07) is 7.06. The number of nitrogens with zero attached hydrogens (tertiary/aromatic N) is 6. The van der Waals surface area contributed by atoms with Crippen molar-refractivity contribution in [2.24, 2.45) is 0 Å². The largest absolute Gasteiger partial charge is 0.326 e. The third-order valence-electron chi connectivity index (χ3n) is 7.45. The van der Waals surface area contributed by atoms with Crippen molar-refractivity contribution in [3.63, 3.8) is 0 Å². The fourth-order valence-electron chi connectivity index (χ4n) is 5.54. The van der Waals surface area contributed by atoms with E-state index >= 15 is 0 Å². The highest BCUT2D eigenvalue weighted by molar-refractivity contribution is 5.83. The zero-order valence-corrected chi connectivity index (χ0v) is 21.2. The smallest absolute Gasteiger partial charge is 0.229 e. The average Bonchev–Trinajstić information content (AvgIpc) is 3.63. The summed E-state index contributed by atoms with van der Waals surface area (Å²) >= 11 is 0. The monoisotopic (exact) mass is 504 g/mol. The number of anilines is 2. The second-order valence-corrected chi connectivity index (χ2v) is 10.2. The number of aryl methyl sites for hydroxylation is 1. The summed E-state index contributed by atoms with van der Waals surface area (Å²) in [4.78, 5) is 20.0. The Labute approximate surface area is 214 Å². The van der Waals surface area contributed by atoms with Gasteiger partial charge < -0.3 is 15.2 Å². The molecule has 0 spiro atoms. The first-order valence-corrected chi connectivity index (χ1v) is 12.8. The molecule has 0 atom stereocenters. The highest BCUT2D eigenvalue weighted by Gasteiger charge is 2.49. The lowest BCUT2D eigenvalue weighted by Gasteiger charge is -2.35. The molecule has 3 aromatic heterocycles. The van der Waals surface area contributed by atoms with Gasteiger partial charge in [-0.25, -0.2) is 28.7 Å². The van der Waals surface area contributed by atoms with E-state index in [1.54, 1.807) is 6.07 Å². The lowest BCUT2D eigenvalue weighted by atomic mass is 10.0. The van der Waals surface area contributed by atoms with Crippen molar-refractivity contribution in [3.8, 4) is 11.3 Å². The minimum absolute atomic E-state index is 0.0136. The maximum atomic E-state index is 15.0. The molecule has 2 fully saturated rings. The van der Waals surface area contributed by atoms with Gasteiger partial charge in [-0.3, -0.25) is 4.90 Å². The average molecular weight is 505 g/mol. The van der Waals surface area contributed by atoms with Gasteiger partial charge in [-0.1, -0.05) is 6.07 Å². The Morgan fingerprint density at radius 2 is 1.78 bits per heavy atom. The van der Waals surface area contributed by atoms with Crippen molar-refractivity contribution in [3.05, 3.63) is 59.7 Å². The standard InChI is InChI=1S/C27H30F2N8/c1-16(2)37-17(3)33-25-20(28)12-18(13-22(25)37)24-21(29)15-32-26(35-24)34-23-5-4-19(14-31-23)27(6-7-27)36-10-8-30-9-11-36/h4-5,12-16,30H,6-11H2,1-3H3,(H,31,32,34,35). The van der Waals surface area contributed by atoms with Crippen LogP contribution in [0.25, 0.3) is 22.3 Å². The molecule has 4 heterocycles. The van der Waals surface area contributed by atoms with E-state index in [1.165, 1.54) is 11.6 Å². The first-order chi connectivity index (χ1) is 17.9. The normalized spacial score (nSPS) is 17.5. The number of imidazole rings is 1. The Balaban J connectivity index is 1.28. The van der Waals surface area contributed by atoms with Crippen molar-refractivity contribution in [1.82, 2.24) is 34.7 Å². The van der Waals surface area contributed by atoms with Crippen molar-refractivity contribution in [2.45, 2.75) is 45.2 Å². The maximum absolute atomic E-state index is 15.0. The molecule has 0 radical (unpaired) electrons. The molecule has 1 saturated carbocycles. The highest BCUT2D eigenvalue weighted by atomic mass is 19.1. The van der Waals surface area contributed by atoms with Crippen LogP contribution in [0.5, 0.6) is 0 Å². The van der Waals surface area contributed by atoms with Crippen LogP contribution >= 0.6 is 0 Å². The van der Waals surface area contributed by atoms with Gasteiger partial charge in [-0.2, -0.15) is 0 Å². The van der Waals surface area contributed by atoms with Crippen LogP contribution in [0.15, 0.2) is 36.7 Å². The summed E-state index contributed by atoms with van der Waals surface area (Å²) in [5, 5.41) is 6.48. The quantitative estimate of drug-likeness (QED) is 0.394. The van der Waals surface area contributed by atoms with Gasteiger partial charge in [0.25, 0.3) is 0 Å². The topological polar surface area (TPSA) is 83.8 Å². The molecule has 10 heteroatoms. The van der Waals surface area contributed by atoms with Gasteiger partial charge in [-0.15, -0.1) is 0 Å². The molecule has 0 bridgehead atoms. The highest BCUT2D eigenvalue weighted by Crippen LogP contribution is 2.50. The molecular formula is C27H30F2N8. The Bertz CT molecular complexity index is 1450. The molecule has 6 rings (SSSR count). The maximum Gasteiger partial charge on any atom is 0.229 e. The molecular weight excluding hydrogens is 474 g/mol. The first-order valence-electron chi connectivity index (χ1n) is 12.8. The number of halogens is 2. The third-order valence-corrected chi connectivity index (χ3v) is 7.45. The lowest BCUT2D eigenvalue weighted by molar-refractivity contribution is 0.154. The molecule has 37 heavy (non-hydrogen) atoms. The number of hydrogen-bond acceptors (Lipinski definition) is 7. The second-order valence-electron chi connectivity index (χ2n) is 10.2. The van der Waals surface area contributed by atoms with Crippen molar-refractivity contribution in [2.75, 3.05) is 31.5 Å². The van der Waals surface area contributed by atoms with Gasteiger partial charge in [0.2, 0.25) is 5.95 Å². The first kappa shape index (κ1) is 23.9. The van der Waals surface area contributed by atoms with Crippen LogP contribution in [-0.2, 0) is 5.54 Å². The number of pyridine rings is 1. The number of rotatable bonds is 6. The molecule has 1 aliphatic heterocycles. The van der Waals surface area contributed by atoms with E-state index in [0.29, 0.717) is 22.7 Å². The van der Waals surface area contributed by atoms with E-state index in [4.69, 9.17) is 0 Å². The number of nitrogens with one attached hydrogen (secondary N) is 2. The summed E-state index contributed by atoms with van der Waals surface area (Å²) in [5.41, 5.74) is 2.51. The predicted molar refractivity (Wildman–Crippen MR) is 139 cm³/mol. The summed E-state index contributed by atoms with van der Waals surface area (Å²) in [6.07, 6.45) is 5.28. The third kappa shape index (κ3) is 4.23. The number of piperazine rings is 1. The second kappa shape index (κ2) is 9.11. The zero-order valence-electron chi connectivity index (χ0n) is 21.2. The fraction of sp³-hybridized carbons (Fsp3) is 0.407. The van der Waals surface area contributed by atoms with Crippen molar-refractivity contribution < 1.29 is 8.78 Å². The number of hydrogen-bond donors (Lipinski definition) is 2. The number of benzene rings is 1. The predicted octanol–water partition coefficient (Wildman–Crippen LogP) is 4.69. The van der Waals surface area contributed by atoms with Crippen LogP contribution in [0.1, 0.15) is 44.1 Å². The number of fused-ring (bicyclic) bond motifs is 1. The Morgan fingerprint density at radius 1 is 1.00 bits per heavy atom. The van der Waals surface area contributed by atoms with Gasteiger partial charge in [0.05, 0.1) is 11.7 Å². The lowest BCUT2D eigenvalue weighted by Crippen LogP contribution is -2.48. The van der Waals surface area contributed by atoms with Crippen LogP contribution in [0.3, 0.4) is 0 Å². The van der Waals surface area contributed by atoms with Crippen molar-refractivity contribution >= 4 is 22.8 Å². The van der Waals surface area contributed by atoms with Crippen LogP contribution in [-0.4, -0.2) is 55.6 Å². The van der Waals surface area contributed by atoms with Gasteiger partial charge >= 0.3 is 0 Å². The van der Waals surface area contributed by atoms with Gasteiger partial charge in [0, 0.05) is 49.5 Å². The molecule has 192 valence electrons. The summed E-state index contributed by atoms with van der Waals surface area (Å²) in [7, 11) is 0. The molecule has 2 aliphatic rings. The van der Waals surface area contributed by atoms with Crippen molar-refractivity contribution in [1.29, 1.82) is 0 Å². The van der Waals surface area contributed by atoms with Gasteiger partial charge in [0.1, 0.15) is 22.9 Å².